The van der Waals surface area contributed by atoms with Crippen LogP contribution in [0.15, 0.2) is 36.5 Å². The number of nitrogens with zero attached hydrogens (tertiary/aromatic N) is 2. The summed E-state index contributed by atoms with van der Waals surface area (Å²) in [4.78, 5) is 25.3. The van der Waals surface area contributed by atoms with Gasteiger partial charge in [0.05, 0.1) is 12.1 Å². The number of rotatable bonds is 6. The minimum absolute atomic E-state index is 0.0492. The lowest BCUT2D eigenvalue weighted by Crippen LogP contribution is -2.41. The number of carbonyl (C=O) groups is 2. The second-order valence-corrected chi connectivity index (χ2v) is 6.41. The van der Waals surface area contributed by atoms with E-state index in [9.17, 15) is 9.59 Å². The number of carboxylic acid groups (broad SMARTS) is 1. The first-order valence-electron chi connectivity index (χ1n) is 8.36. The Morgan fingerprint density at radius 2 is 1.96 bits per heavy atom. The van der Waals surface area contributed by atoms with Crippen molar-refractivity contribution in [3.63, 3.8) is 0 Å². The van der Waals surface area contributed by atoms with Crippen molar-refractivity contribution in [2.24, 2.45) is 0 Å². The summed E-state index contributed by atoms with van der Waals surface area (Å²) >= 11 is 0. The maximum atomic E-state index is 12.3. The Labute approximate surface area is 146 Å². The van der Waals surface area contributed by atoms with Gasteiger partial charge in [-0.05, 0) is 43.7 Å². The maximum Gasteiger partial charge on any atom is 0.304 e. The number of benzene rings is 1. The fourth-order valence-corrected chi connectivity index (χ4v) is 3.31. The lowest BCUT2D eigenvalue weighted by molar-refractivity contribution is -0.138. The molecule has 1 aromatic heterocycles. The van der Waals surface area contributed by atoms with Crippen molar-refractivity contribution in [1.29, 1.82) is 0 Å². The maximum absolute atomic E-state index is 12.3. The standard InChI is InChI=1S/C18H22N4O3/c1-22-14(10-17(23)24)6-7-15(22)11-19-18(25)13-4-2-12(3-5-13)16-8-9-20-21-16/h2-5,8-9,14-15H,6-7,10-11H2,1H3,(H,19,25)(H,20,21)(H,23,24)/t14-,15+/m1/s1. The van der Waals surface area contributed by atoms with Crippen molar-refractivity contribution < 1.29 is 14.7 Å². The normalized spacial score (nSPS) is 20.5. The Morgan fingerprint density at radius 3 is 2.60 bits per heavy atom. The summed E-state index contributed by atoms with van der Waals surface area (Å²) in [5.74, 6) is -0.898. The highest BCUT2D eigenvalue weighted by molar-refractivity contribution is 5.94. The minimum atomic E-state index is -0.779. The van der Waals surface area contributed by atoms with E-state index >= 15 is 0 Å². The van der Waals surface area contributed by atoms with Crippen LogP contribution < -0.4 is 5.32 Å². The molecule has 3 rings (SSSR count). The molecule has 25 heavy (non-hydrogen) atoms. The van der Waals surface area contributed by atoms with Crippen LogP contribution >= 0.6 is 0 Å². The third kappa shape index (κ3) is 4.06. The zero-order chi connectivity index (χ0) is 17.8. The lowest BCUT2D eigenvalue weighted by Gasteiger charge is -2.25. The summed E-state index contributed by atoms with van der Waals surface area (Å²) < 4.78 is 0. The van der Waals surface area contributed by atoms with Crippen LogP contribution in [-0.4, -0.2) is 57.8 Å². The molecule has 1 amide bonds. The fourth-order valence-electron chi connectivity index (χ4n) is 3.31. The summed E-state index contributed by atoms with van der Waals surface area (Å²) in [6.45, 7) is 0.522. The van der Waals surface area contributed by atoms with Crippen LogP contribution in [0.3, 0.4) is 0 Å². The first kappa shape index (κ1) is 17.2. The number of aromatic amines is 1. The lowest BCUT2D eigenvalue weighted by atomic mass is 10.1. The van der Waals surface area contributed by atoms with Crippen molar-refractivity contribution in [2.45, 2.75) is 31.3 Å². The van der Waals surface area contributed by atoms with E-state index < -0.39 is 5.97 Å². The van der Waals surface area contributed by atoms with Gasteiger partial charge in [0.2, 0.25) is 0 Å². The molecule has 2 atom stereocenters. The van der Waals surface area contributed by atoms with Crippen LogP contribution in [0.2, 0.25) is 0 Å². The van der Waals surface area contributed by atoms with Gasteiger partial charge in [-0.2, -0.15) is 5.10 Å². The van der Waals surface area contributed by atoms with Gasteiger partial charge in [-0.1, -0.05) is 12.1 Å². The minimum Gasteiger partial charge on any atom is -0.481 e. The summed E-state index contributed by atoms with van der Waals surface area (Å²) in [6.07, 6.45) is 3.58. The Hall–Kier alpha value is -2.67. The van der Waals surface area contributed by atoms with Gasteiger partial charge in [-0.25, -0.2) is 0 Å². The number of H-pyrrole nitrogens is 1. The molecule has 132 valence electrons. The zero-order valence-corrected chi connectivity index (χ0v) is 14.1. The number of likely N-dealkylation sites (tertiary alicyclic amines) is 1. The van der Waals surface area contributed by atoms with Gasteiger partial charge in [0.1, 0.15) is 0 Å². The molecule has 0 radical (unpaired) electrons. The van der Waals surface area contributed by atoms with E-state index in [4.69, 9.17) is 5.11 Å². The van der Waals surface area contributed by atoms with Gasteiger partial charge in [-0.3, -0.25) is 19.6 Å². The molecule has 2 heterocycles. The van der Waals surface area contributed by atoms with Crippen molar-refractivity contribution >= 4 is 11.9 Å². The summed E-state index contributed by atoms with van der Waals surface area (Å²) in [5, 5.41) is 18.7. The first-order valence-corrected chi connectivity index (χ1v) is 8.36. The Balaban J connectivity index is 1.53. The average molecular weight is 342 g/mol. The number of hydrogen-bond donors (Lipinski definition) is 3. The third-order valence-corrected chi connectivity index (χ3v) is 4.85. The second-order valence-electron chi connectivity index (χ2n) is 6.41. The van der Waals surface area contributed by atoms with Crippen LogP contribution in [-0.2, 0) is 4.79 Å². The quantitative estimate of drug-likeness (QED) is 0.743. The van der Waals surface area contributed by atoms with Gasteiger partial charge < -0.3 is 10.4 Å². The highest BCUT2D eigenvalue weighted by atomic mass is 16.4. The van der Waals surface area contributed by atoms with Crippen molar-refractivity contribution in [3.05, 3.63) is 42.1 Å². The van der Waals surface area contributed by atoms with E-state index in [-0.39, 0.29) is 24.4 Å². The highest BCUT2D eigenvalue weighted by Crippen LogP contribution is 2.24. The van der Waals surface area contributed by atoms with Gasteiger partial charge in [0.15, 0.2) is 0 Å². The number of hydrogen-bond acceptors (Lipinski definition) is 4. The number of aliphatic carboxylic acids is 1. The van der Waals surface area contributed by atoms with Gasteiger partial charge in [-0.15, -0.1) is 0 Å². The Kier molecular flexibility index (Phi) is 5.14. The van der Waals surface area contributed by atoms with Crippen LogP contribution in [0.25, 0.3) is 11.3 Å². The molecule has 1 fully saturated rings. The molecular weight excluding hydrogens is 320 g/mol. The number of aromatic nitrogens is 2. The molecule has 0 bridgehead atoms. The summed E-state index contributed by atoms with van der Waals surface area (Å²) in [6, 6.07) is 9.44. The van der Waals surface area contributed by atoms with E-state index in [1.165, 1.54) is 0 Å². The fraction of sp³-hybridized carbons (Fsp3) is 0.389. The van der Waals surface area contributed by atoms with Gasteiger partial charge in [0.25, 0.3) is 5.91 Å². The molecule has 1 aromatic carbocycles. The smallest absolute Gasteiger partial charge is 0.304 e. The molecule has 7 nitrogen and oxygen atoms in total. The molecule has 0 spiro atoms. The zero-order valence-electron chi connectivity index (χ0n) is 14.1. The van der Waals surface area contributed by atoms with E-state index in [0.29, 0.717) is 12.1 Å². The molecule has 0 aliphatic carbocycles. The van der Waals surface area contributed by atoms with Crippen molar-refractivity contribution in [3.8, 4) is 11.3 Å². The molecular formula is C18H22N4O3. The van der Waals surface area contributed by atoms with Crippen LogP contribution in [0.1, 0.15) is 29.6 Å². The van der Waals surface area contributed by atoms with E-state index in [0.717, 1.165) is 24.1 Å². The number of carbonyl (C=O) groups excluding carboxylic acids is 1. The largest absolute Gasteiger partial charge is 0.481 e. The highest BCUT2D eigenvalue weighted by Gasteiger charge is 2.31. The number of nitrogens with one attached hydrogen (secondary N) is 2. The molecule has 0 unspecified atom stereocenters. The Morgan fingerprint density at radius 1 is 1.24 bits per heavy atom. The molecule has 1 aliphatic heterocycles. The molecule has 7 heteroatoms. The SMILES string of the molecule is CN1[C@@H](CC(=O)O)CC[C@H]1CNC(=O)c1ccc(-c2ccn[nH]2)cc1. The summed E-state index contributed by atoms with van der Waals surface area (Å²) in [7, 11) is 1.93. The first-order chi connectivity index (χ1) is 12.0. The van der Waals surface area contributed by atoms with Gasteiger partial charge >= 0.3 is 5.97 Å². The molecule has 1 aliphatic rings. The van der Waals surface area contributed by atoms with E-state index in [1.807, 2.05) is 25.2 Å². The van der Waals surface area contributed by atoms with Crippen LogP contribution in [0.4, 0.5) is 0 Å². The predicted octanol–water partition coefficient (Wildman–Crippen LogP) is 1.74. The third-order valence-electron chi connectivity index (χ3n) is 4.85. The monoisotopic (exact) mass is 342 g/mol. The topological polar surface area (TPSA) is 98.3 Å². The average Bonchev–Trinajstić information content (AvgIpc) is 3.24. The van der Waals surface area contributed by atoms with Crippen molar-refractivity contribution in [2.75, 3.05) is 13.6 Å². The molecule has 0 saturated carbocycles. The van der Waals surface area contributed by atoms with Crippen LogP contribution in [0.5, 0.6) is 0 Å². The number of carboxylic acids is 1. The number of likely N-dealkylation sites (N-methyl/N-ethyl adjacent to an activating group) is 1. The predicted molar refractivity (Wildman–Crippen MR) is 93.2 cm³/mol. The Bertz CT molecular complexity index is 727. The molecule has 1 saturated heterocycles. The van der Waals surface area contributed by atoms with Gasteiger partial charge in [0, 0.05) is 30.4 Å². The second kappa shape index (κ2) is 7.48. The van der Waals surface area contributed by atoms with E-state index in [2.05, 4.69) is 20.4 Å². The molecule has 3 N–H and O–H groups in total. The number of amides is 1. The van der Waals surface area contributed by atoms with E-state index in [1.54, 1.807) is 18.3 Å². The molecule has 2 aromatic rings. The van der Waals surface area contributed by atoms with Crippen molar-refractivity contribution in [1.82, 2.24) is 20.4 Å². The summed E-state index contributed by atoms with van der Waals surface area (Å²) in [5.41, 5.74) is 2.48. The van der Waals surface area contributed by atoms with Crippen LogP contribution in [0, 0.1) is 0 Å².